The van der Waals surface area contributed by atoms with E-state index in [1.165, 1.54) is 22.6 Å². The first kappa shape index (κ1) is 9.92. The van der Waals surface area contributed by atoms with Gasteiger partial charge >= 0.3 is 0 Å². The summed E-state index contributed by atoms with van der Waals surface area (Å²) in [7, 11) is 0. The van der Waals surface area contributed by atoms with Gasteiger partial charge < -0.3 is 5.11 Å². The van der Waals surface area contributed by atoms with E-state index in [-0.39, 0.29) is 5.76 Å². The molecule has 2 nitrogen and oxygen atoms in total. The summed E-state index contributed by atoms with van der Waals surface area (Å²) in [5.74, 6) is 0.0445. The third-order valence-electron chi connectivity index (χ3n) is 3.35. The summed E-state index contributed by atoms with van der Waals surface area (Å²) in [5, 5.41) is 20.8. The van der Waals surface area contributed by atoms with E-state index in [4.69, 9.17) is 5.26 Å². The zero-order valence-electron chi connectivity index (χ0n) is 9.27. The summed E-state index contributed by atoms with van der Waals surface area (Å²) in [6.45, 7) is 0. The Bertz CT molecular complexity index is 667. The monoisotopic (exact) mass is 221 g/mol. The average Bonchev–Trinajstić information content (AvgIpc) is 2.76. The van der Waals surface area contributed by atoms with Crippen LogP contribution in [0.4, 0.5) is 0 Å². The van der Waals surface area contributed by atoms with Crippen LogP contribution < -0.4 is 0 Å². The first-order valence-corrected chi connectivity index (χ1v) is 5.64. The van der Waals surface area contributed by atoms with E-state index >= 15 is 0 Å². The highest BCUT2D eigenvalue weighted by molar-refractivity contribution is 5.98. The van der Waals surface area contributed by atoms with Crippen LogP contribution >= 0.6 is 0 Å². The Balaban J connectivity index is 2.37. The lowest BCUT2D eigenvalue weighted by atomic mass is 9.99. The molecule has 0 fully saturated rings. The molecule has 0 bridgehead atoms. The largest absolute Gasteiger partial charge is 0.507 e. The lowest BCUT2D eigenvalue weighted by Crippen LogP contribution is -1.88. The Morgan fingerprint density at radius 2 is 1.94 bits per heavy atom. The molecule has 0 radical (unpaired) electrons. The van der Waals surface area contributed by atoms with E-state index in [0.29, 0.717) is 0 Å². The van der Waals surface area contributed by atoms with Crippen molar-refractivity contribution in [3.63, 3.8) is 0 Å². The van der Waals surface area contributed by atoms with E-state index in [1.807, 2.05) is 24.3 Å². The Morgan fingerprint density at radius 1 is 1.18 bits per heavy atom. The molecule has 2 aromatic carbocycles. The highest BCUT2D eigenvalue weighted by Crippen LogP contribution is 2.34. The molecule has 1 N–H and O–H groups in total. The lowest BCUT2D eigenvalue weighted by Gasteiger charge is -2.07. The van der Waals surface area contributed by atoms with Crippen LogP contribution in [0.3, 0.4) is 0 Å². The summed E-state index contributed by atoms with van der Waals surface area (Å²) in [5.41, 5.74) is 3.42. The van der Waals surface area contributed by atoms with Crippen LogP contribution in [0.2, 0.25) is 0 Å². The van der Waals surface area contributed by atoms with Crippen molar-refractivity contribution in [3.8, 4) is 6.07 Å². The molecule has 82 valence electrons. The predicted molar refractivity (Wildman–Crippen MR) is 67.6 cm³/mol. The summed E-state index contributed by atoms with van der Waals surface area (Å²) < 4.78 is 0. The molecule has 1 aliphatic rings. The Hall–Kier alpha value is -2.27. The van der Waals surface area contributed by atoms with Gasteiger partial charge in [-0.15, -0.1) is 0 Å². The standard InChI is InChI=1S/C15H11NO/c16-9-8-14(17)12-7-6-11-5-4-10-2-1-3-13(12)15(10)11/h1-3,6-8,17H,4-5H2/b14-8-. The molecule has 3 rings (SSSR count). The molecule has 0 unspecified atom stereocenters. The predicted octanol–water partition coefficient (Wildman–Crippen LogP) is 3.36. The quantitative estimate of drug-likeness (QED) is 0.592. The van der Waals surface area contributed by atoms with Gasteiger partial charge in [0.15, 0.2) is 0 Å². The van der Waals surface area contributed by atoms with Gasteiger partial charge in [0.2, 0.25) is 0 Å². The van der Waals surface area contributed by atoms with Crippen LogP contribution in [-0.4, -0.2) is 5.11 Å². The number of nitriles is 1. The van der Waals surface area contributed by atoms with Crippen molar-refractivity contribution < 1.29 is 5.11 Å². The lowest BCUT2D eigenvalue weighted by molar-refractivity contribution is 0.513. The number of allylic oxidation sites excluding steroid dienone is 1. The molecular weight excluding hydrogens is 210 g/mol. The Morgan fingerprint density at radius 3 is 2.71 bits per heavy atom. The van der Waals surface area contributed by atoms with Crippen molar-refractivity contribution in [1.29, 1.82) is 5.26 Å². The third kappa shape index (κ3) is 1.40. The maximum Gasteiger partial charge on any atom is 0.133 e. The number of aryl methyl sites for hydroxylation is 2. The first-order chi connectivity index (χ1) is 8.31. The van der Waals surface area contributed by atoms with Crippen molar-refractivity contribution in [1.82, 2.24) is 0 Å². The normalized spacial score (nSPS) is 13.9. The van der Waals surface area contributed by atoms with Gasteiger partial charge in [0, 0.05) is 5.56 Å². The molecule has 0 saturated heterocycles. The van der Waals surface area contributed by atoms with Crippen molar-refractivity contribution in [2.24, 2.45) is 0 Å². The minimum atomic E-state index is 0.0445. The maximum absolute atomic E-state index is 9.86. The van der Waals surface area contributed by atoms with Crippen molar-refractivity contribution in [3.05, 3.63) is 53.1 Å². The summed E-state index contributed by atoms with van der Waals surface area (Å²) in [6, 6.07) is 12.0. The number of benzene rings is 2. The second-order valence-corrected chi connectivity index (χ2v) is 4.27. The number of rotatable bonds is 1. The van der Waals surface area contributed by atoms with E-state index in [0.717, 1.165) is 23.8 Å². The molecule has 1 aliphatic carbocycles. The van der Waals surface area contributed by atoms with Gasteiger partial charge in [-0.25, -0.2) is 0 Å². The van der Waals surface area contributed by atoms with Gasteiger partial charge in [0.1, 0.15) is 5.76 Å². The fourth-order valence-electron chi connectivity index (χ4n) is 2.61. The summed E-state index contributed by atoms with van der Waals surface area (Å²) in [6.07, 6.45) is 3.32. The molecular formula is C15H11NO. The number of nitrogens with zero attached hydrogens (tertiary/aromatic N) is 1. The zero-order valence-corrected chi connectivity index (χ0v) is 9.27. The Kier molecular flexibility index (Phi) is 2.12. The van der Waals surface area contributed by atoms with Gasteiger partial charge in [-0.05, 0) is 34.7 Å². The molecule has 0 spiro atoms. The minimum Gasteiger partial charge on any atom is -0.507 e. The molecule has 0 heterocycles. The van der Waals surface area contributed by atoms with Crippen LogP contribution in [0.15, 0.2) is 36.4 Å². The summed E-state index contributed by atoms with van der Waals surface area (Å²) in [4.78, 5) is 0. The van der Waals surface area contributed by atoms with Crippen LogP contribution in [0.5, 0.6) is 0 Å². The van der Waals surface area contributed by atoms with Gasteiger partial charge in [-0.3, -0.25) is 0 Å². The fraction of sp³-hybridized carbons (Fsp3) is 0.133. The van der Waals surface area contributed by atoms with E-state index < -0.39 is 0 Å². The highest BCUT2D eigenvalue weighted by Gasteiger charge is 2.16. The summed E-state index contributed by atoms with van der Waals surface area (Å²) >= 11 is 0. The molecule has 2 aromatic rings. The second-order valence-electron chi connectivity index (χ2n) is 4.27. The van der Waals surface area contributed by atoms with Crippen LogP contribution in [0.25, 0.3) is 16.5 Å². The van der Waals surface area contributed by atoms with Crippen molar-refractivity contribution in [2.75, 3.05) is 0 Å². The van der Waals surface area contributed by atoms with Crippen molar-refractivity contribution in [2.45, 2.75) is 12.8 Å². The topological polar surface area (TPSA) is 44.0 Å². The van der Waals surface area contributed by atoms with E-state index in [1.54, 1.807) is 0 Å². The molecule has 2 heteroatoms. The fourth-order valence-corrected chi connectivity index (χ4v) is 2.61. The third-order valence-corrected chi connectivity index (χ3v) is 3.35. The first-order valence-electron chi connectivity index (χ1n) is 5.64. The van der Waals surface area contributed by atoms with Crippen LogP contribution in [-0.2, 0) is 12.8 Å². The zero-order chi connectivity index (χ0) is 11.8. The number of hydrogen-bond donors (Lipinski definition) is 1. The van der Waals surface area contributed by atoms with Gasteiger partial charge in [0.05, 0.1) is 12.1 Å². The van der Waals surface area contributed by atoms with Gasteiger partial charge in [0.25, 0.3) is 0 Å². The average molecular weight is 221 g/mol. The molecule has 0 saturated carbocycles. The maximum atomic E-state index is 9.86. The van der Waals surface area contributed by atoms with Crippen LogP contribution in [0, 0.1) is 11.3 Å². The molecule has 0 aromatic heterocycles. The van der Waals surface area contributed by atoms with Crippen LogP contribution in [0.1, 0.15) is 16.7 Å². The number of hydrogen-bond acceptors (Lipinski definition) is 2. The second kappa shape index (κ2) is 3.64. The molecule has 17 heavy (non-hydrogen) atoms. The minimum absolute atomic E-state index is 0.0445. The smallest absolute Gasteiger partial charge is 0.133 e. The van der Waals surface area contributed by atoms with E-state index in [2.05, 4.69) is 12.1 Å². The number of aliphatic hydroxyl groups is 1. The van der Waals surface area contributed by atoms with E-state index in [9.17, 15) is 5.11 Å². The van der Waals surface area contributed by atoms with Gasteiger partial charge in [-0.1, -0.05) is 30.3 Å². The van der Waals surface area contributed by atoms with Gasteiger partial charge in [-0.2, -0.15) is 5.26 Å². The Labute approximate surface area is 99.4 Å². The molecule has 0 amide bonds. The molecule has 0 aliphatic heterocycles. The highest BCUT2D eigenvalue weighted by atomic mass is 16.3. The van der Waals surface area contributed by atoms with Crippen molar-refractivity contribution >= 4 is 16.5 Å². The molecule has 0 atom stereocenters. The number of aliphatic hydroxyl groups excluding tert-OH is 1. The SMILES string of the molecule is N#C/C=C(\O)c1ccc2c3c(cccc13)CC2.